The van der Waals surface area contributed by atoms with Gasteiger partial charge in [-0.05, 0) is 18.2 Å². The van der Waals surface area contributed by atoms with Crippen LogP contribution >= 0.6 is 0 Å². The number of carbonyl (C=O) groups excluding carboxylic acids is 1. The number of nitrogens with zero attached hydrogens (tertiary/aromatic N) is 1. The highest BCUT2D eigenvalue weighted by atomic mass is 32.2. The number of nitrogens with one attached hydrogen (secondary N) is 2. The fourth-order valence-corrected chi connectivity index (χ4v) is 1.96. The molecule has 0 bridgehead atoms. The highest BCUT2D eigenvalue weighted by Crippen LogP contribution is 2.15. The predicted molar refractivity (Wildman–Crippen MR) is 83.7 cm³/mol. The Hall–Kier alpha value is -2.98. The van der Waals surface area contributed by atoms with E-state index < -0.39 is 14.9 Å². The molecular formula is C13H14N4O5S. The van der Waals surface area contributed by atoms with E-state index in [0.717, 1.165) is 11.8 Å². The zero-order valence-corrected chi connectivity index (χ0v) is 12.6. The zero-order chi connectivity index (χ0) is 17.3. The average molecular weight is 338 g/mol. The fourth-order valence-electron chi connectivity index (χ4n) is 1.41. The number of amides is 1. The van der Waals surface area contributed by atoms with Gasteiger partial charge in [0.25, 0.3) is 5.69 Å². The van der Waals surface area contributed by atoms with Crippen LogP contribution in [0.25, 0.3) is 0 Å². The van der Waals surface area contributed by atoms with E-state index in [0.29, 0.717) is 6.41 Å². The highest BCUT2D eigenvalue weighted by Gasteiger charge is 2.12. The summed E-state index contributed by atoms with van der Waals surface area (Å²) >= 11 is 0. The molecule has 10 heteroatoms. The summed E-state index contributed by atoms with van der Waals surface area (Å²) in [6.45, 7) is 0. The Morgan fingerprint density at radius 2 is 1.74 bits per heavy atom. The molecule has 1 amide bonds. The van der Waals surface area contributed by atoms with Gasteiger partial charge in [-0.15, -0.1) is 0 Å². The molecule has 0 atom stereocenters. The maximum Gasteiger partial charge on any atom is 0.270 e. The summed E-state index contributed by atoms with van der Waals surface area (Å²) in [5.74, 6) is 0. The summed E-state index contributed by atoms with van der Waals surface area (Å²) in [7, 11) is -3.86. The van der Waals surface area contributed by atoms with Gasteiger partial charge in [-0.2, -0.15) is 0 Å². The second-order valence-corrected chi connectivity index (χ2v) is 5.61. The molecule has 0 aliphatic rings. The van der Waals surface area contributed by atoms with Crippen molar-refractivity contribution in [1.82, 2.24) is 5.43 Å². The summed E-state index contributed by atoms with van der Waals surface area (Å²) in [5.41, 5.74) is 5.58. The number of rotatable bonds is 5. The van der Waals surface area contributed by atoms with Crippen LogP contribution in [0, 0.1) is 10.1 Å². The summed E-state index contributed by atoms with van der Waals surface area (Å²) in [5, 5.41) is 15.0. The van der Waals surface area contributed by atoms with Crippen LogP contribution in [0.15, 0.2) is 59.5 Å². The quantitative estimate of drug-likeness (QED) is 0.421. The maximum absolute atomic E-state index is 10.8. The molecule has 0 saturated heterocycles. The SMILES string of the molecule is NS(=O)(=O)c1cccc([N+](=O)[O-])c1.O=CNNc1ccccc1. The normalized spacial score (nSPS) is 9.96. The first-order valence-corrected chi connectivity index (χ1v) is 7.66. The number of non-ortho nitro benzene ring substituents is 1. The molecule has 122 valence electrons. The Balaban J connectivity index is 0.000000238. The Morgan fingerprint density at radius 3 is 2.26 bits per heavy atom. The zero-order valence-electron chi connectivity index (χ0n) is 11.7. The number of hydrogen-bond acceptors (Lipinski definition) is 6. The van der Waals surface area contributed by atoms with Gasteiger partial charge >= 0.3 is 0 Å². The van der Waals surface area contributed by atoms with Crippen molar-refractivity contribution in [2.24, 2.45) is 5.14 Å². The molecule has 23 heavy (non-hydrogen) atoms. The lowest BCUT2D eigenvalue weighted by Gasteiger charge is -2.00. The molecule has 2 aromatic carbocycles. The number of para-hydroxylation sites is 1. The van der Waals surface area contributed by atoms with E-state index >= 15 is 0 Å². The number of primary sulfonamides is 1. The summed E-state index contributed by atoms with van der Waals surface area (Å²) < 4.78 is 21.5. The first-order valence-electron chi connectivity index (χ1n) is 6.12. The minimum absolute atomic E-state index is 0.262. The summed E-state index contributed by atoms with van der Waals surface area (Å²) in [6.07, 6.45) is 0.590. The van der Waals surface area contributed by atoms with E-state index in [2.05, 4.69) is 10.9 Å². The van der Waals surface area contributed by atoms with Crippen molar-refractivity contribution < 1.29 is 18.1 Å². The van der Waals surface area contributed by atoms with Crippen molar-refractivity contribution in [3.8, 4) is 0 Å². The van der Waals surface area contributed by atoms with Crippen LogP contribution in [0.4, 0.5) is 11.4 Å². The van der Waals surface area contributed by atoms with Crippen molar-refractivity contribution in [3.63, 3.8) is 0 Å². The van der Waals surface area contributed by atoms with Crippen molar-refractivity contribution in [3.05, 3.63) is 64.7 Å². The molecule has 2 aromatic rings. The molecule has 0 unspecified atom stereocenters. The molecule has 0 aliphatic heterocycles. The Kier molecular flexibility index (Phi) is 6.65. The van der Waals surface area contributed by atoms with E-state index in [4.69, 9.17) is 5.14 Å². The van der Waals surface area contributed by atoms with Gasteiger partial charge in [0.1, 0.15) is 0 Å². The monoisotopic (exact) mass is 338 g/mol. The smallest absolute Gasteiger partial charge is 0.270 e. The summed E-state index contributed by atoms with van der Waals surface area (Å²) in [4.78, 5) is 19.1. The van der Waals surface area contributed by atoms with E-state index in [1.54, 1.807) is 0 Å². The van der Waals surface area contributed by atoms with E-state index in [9.17, 15) is 23.3 Å². The van der Waals surface area contributed by atoms with Gasteiger partial charge in [-0.1, -0.05) is 24.3 Å². The number of hydrogen-bond donors (Lipinski definition) is 3. The van der Waals surface area contributed by atoms with Gasteiger partial charge in [0, 0.05) is 12.1 Å². The van der Waals surface area contributed by atoms with Crippen LogP contribution in [0.1, 0.15) is 0 Å². The third kappa shape index (κ3) is 6.54. The number of sulfonamides is 1. The third-order valence-electron chi connectivity index (χ3n) is 2.41. The molecule has 0 fully saturated rings. The number of benzene rings is 2. The topological polar surface area (TPSA) is 144 Å². The van der Waals surface area contributed by atoms with E-state index in [-0.39, 0.29) is 10.6 Å². The van der Waals surface area contributed by atoms with E-state index in [1.165, 1.54) is 18.2 Å². The highest BCUT2D eigenvalue weighted by molar-refractivity contribution is 7.89. The first kappa shape index (κ1) is 18.1. The maximum atomic E-state index is 10.8. The number of nitrogens with two attached hydrogens (primary N) is 1. The third-order valence-corrected chi connectivity index (χ3v) is 3.32. The van der Waals surface area contributed by atoms with Gasteiger partial charge in [-0.3, -0.25) is 25.8 Å². The standard InChI is InChI=1S/C7H8N2O.C6H6N2O4S/c10-6-8-9-7-4-2-1-3-5-7;7-13(11,12)6-3-1-2-5(4-6)8(9)10/h1-6,9H,(H,8,10);1-4H,(H2,7,11,12). The molecule has 4 N–H and O–H groups in total. The lowest BCUT2D eigenvalue weighted by Crippen LogP contribution is -2.18. The molecule has 0 aliphatic carbocycles. The van der Waals surface area contributed by atoms with Crippen LogP contribution in [-0.4, -0.2) is 19.8 Å². The molecule has 9 nitrogen and oxygen atoms in total. The number of hydrazine groups is 1. The largest absolute Gasteiger partial charge is 0.299 e. The first-order chi connectivity index (χ1) is 10.8. The molecular weight excluding hydrogens is 324 g/mol. The van der Waals surface area contributed by atoms with Crippen molar-refractivity contribution >= 4 is 27.8 Å². The van der Waals surface area contributed by atoms with Gasteiger partial charge in [0.05, 0.1) is 15.5 Å². The fraction of sp³-hybridized carbons (Fsp3) is 0. The minimum Gasteiger partial charge on any atom is -0.299 e. The van der Waals surface area contributed by atoms with Crippen molar-refractivity contribution in [2.45, 2.75) is 4.90 Å². The molecule has 2 rings (SSSR count). The van der Waals surface area contributed by atoms with Crippen LogP contribution in [0.5, 0.6) is 0 Å². The average Bonchev–Trinajstić information content (AvgIpc) is 2.54. The van der Waals surface area contributed by atoms with Crippen LogP contribution in [-0.2, 0) is 14.8 Å². The minimum atomic E-state index is -3.86. The van der Waals surface area contributed by atoms with Gasteiger partial charge in [-0.25, -0.2) is 13.6 Å². The number of nitro groups is 1. The molecule has 0 radical (unpaired) electrons. The van der Waals surface area contributed by atoms with Crippen LogP contribution in [0.2, 0.25) is 0 Å². The van der Waals surface area contributed by atoms with Crippen molar-refractivity contribution in [1.29, 1.82) is 0 Å². The molecule has 0 aromatic heterocycles. The van der Waals surface area contributed by atoms with Gasteiger partial charge in [0.2, 0.25) is 16.4 Å². The lowest BCUT2D eigenvalue weighted by atomic mass is 10.3. The number of carbonyl (C=O) groups is 1. The molecule has 0 saturated carbocycles. The lowest BCUT2D eigenvalue weighted by molar-refractivity contribution is -0.385. The summed E-state index contributed by atoms with van der Waals surface area (Å²) in [6, 6.07) is 14.0. The molecule has 0 spiro atoms. The van der Waals surface area contributed by atoms with E-state index in [1.807, 2.05) is 30.3 Å². The second kappa shape index (κ2) is 8.46. The Labute approximate surface area is 132 Å². The van der Waals surface area contributed by atoms with Gasteiger partial charge < -0.3 is 0 Å². The van der Waals surface area contributed by atoms with Crippen LogP contribution < -0.4 is 16.0 Å². The Bertz CT molecular complexity index is 765. The Morgan fingerprint density at radius 1 is 1.09 bits per heavy atom. The molecule has 0 heterocycles. The second-order valence-electron chi connectivity index (χ2n) is 4.05. The predicted octanol–water partition coefficient (Wildman–Crippen LogP) is 1.00. The number of nitro benzene ring substituents is 1. The van der Waals surface area contributed by atoms with Crippen LogP contribution in [0.3, 0.4) is 0 Å². The van der Waals surface area contributed by atoms with Gasteiger partial charge in [0.15, 0.2) is 0 Å². The van der Waals surface area contributed by atoms with Crippen molar-refractivity contribution in [2.75, 3.05) is 5.43 Å². The number of anilines is 1.